The molecule has 2 fully saturated rings. The Bertz CT molecular complexity index is 339. The number of nitrogens with zero attached hydrogens (tertiary/aromatic N) is 2. The van der Waals surface area contributed by atoms with Gasteiger partial charge in [0, 0.05) is 24.4 Å². The second-order valence-corrected chi connectivity index (χ2v) is 4.73. The molecule has 4 heteroatoms. The molecule has 0 aromatic carbocycles. The Morgan fingerprint density at radius 3 is 2.50 bits per heavy atom. The Morgan fingerprint density at radius 1 is 1.36 bits per heavy atom. The Kier molecular flexibility index (Phi) is 1.79. The van der Waals surface area contributed by atoms with Crippen molar-refractivity contribution in [1.82, 2.24) is 15.3 Å². The van der Waals surface area contributed by atoms with E-state index in [9.17, 15) is 0 Å². The fourth-order valence-electron chi connectivity index (χ4n) is 2.43. The normalized spacial score (nSPS) is 28.2. The average molecular weight is 210 g/mol. The van der Waals surface area contributed by atoms with Crippen molar-refractivity contribution in [3.05, 3.63) is 23.2 Å². The van der Waals surface area contributed by atoms with E-state index in [0.717, 1.165) is 12.4 Å². The lowest BCUT2D eigenvalue weighted by Crippen LogP contribution is -2.60. The van der Waals surface area contributed by atoms with Crippen LogP contribution < -0.4 is 5.32 Å². The highest BCUT2D eigenvalue weighted by Crippen LogP contribution is 2.54. The van der Waals surface area contributed by atoms with Crippen LogP contribution in [0.3, 0.4) is 0 Å². The fraction of sp³-hybridized carbons (Fsp3) is 0.600. The minimum Gasteiger partial charge on any atom is -0.306 e. The molecule has 1 unspecified atom stereocenters. The van der Waals surface area contributed by atoms with Gasteiger partial charge in [-0.1, -0.05) is 18.0 Å². The molecule has 0 bridgehead atoms. The topological polar surface area (TPSA) is 37.8 Å². The number of aromatic nitrogens is 2. The summed E-state index contributed by atoms with van der Waals surface area (Å²) in [5.41, 5.74) is 0.480. The predicted octanol–water partition coefficient (Wildman–Crippen LogP) is 1.94. The van der Waals surface area contributed by atoms with Crippen LogP contribution in [0.2, 0.25) is 5.02 Å². The predicted molar refractivity (Wildman–Crippen MR) is 54.1 cm³/mol. The first-order valence-electron chi connectivity index (χ1n) is 5.01. The smallest absolute Gasteiger partial charge is 0.145 e. The summed E-state index contributed by atoms with van der Waals surface area (Å²) in [5.74, 6) is 0.903. The van der Waals surface area contributed by atoms with E-state index < -0.39 is 0 Å². The molecule has 0 radical (unpaired) electrons. The fourth-order valence-corrected chi connectivity index (χ4v) is 2.52. The number of nitrogens with one attached hydrogen (secondary N) is 1. The molecule has 1 spiro atoms. The van der Waals surface area contributed by atoms with Gasteiger partial charge in [-0.15, -0.1) is 0 Å². The van der Waals surface area contributed by atoms with Crippen molar-refractivity contribution >= 4 is 11.6 Å². The van der Waals surface area contributed by atoms with Gasteiger partial charge in [-0.05, 0) is 12.8 Å². The second-order valence-electron chi connectivity index (χ2n) is 4.29. The lowest BCUT2D eigenvalue weighted by atomic mass is 9.59. The number of rotatable bonds is 1. The maximum atomic E-state index is 5.75. The van der Waals surface area contributed by atoms with Crippen molar-refractivity contribution in [2.24, 2.45) is 5.41 Å². The number of halogens is 1. The van der Waals surface area contributed by atoms with Crippen LogP contribution in [-0.4, -0.2) is 16.5 Å². The summed E-state index contributed by atoms with van der Waals surface area (Å²) in [7, 11) is 0. The van der Waals surface area contributed by atoms with Crippen molar-refractivity contribution < 1.29 is 0 Å². The van der Waals surface area contributed by atoms with Crippen molar-refractivity contribution in [2.75, 3.05) is 6.54 Å². The highest BCUT2D eigenvalue weighted by Gasteiger charge is 2.52. The van der Waals surface area contributed by atoms with E-state index in [1.54, 1.807) is 12.4 Å². The van der Waals surface area contributed by atoms with Gasteiger partial charge in [0.1, 0.15) is 5.82 Å². The summed E-state index contributed by atoms with van der Waals surface area (Å²) in [6.07, 6.45) is 7.34. The third kappa shape index (κ3) is 1.09. The largest absolute Gasteiger partial charge is 0.306 e. The molecule has 2 heterocycles. The summed E-state index contributed by atoms with van der Waals surface area (Å²) < 4.78 is 0. The monoisotopic (exact) mass is 209 g/mol. The molecular formula is C10H12ClN3. The zero-order chi connectivity index (χ0) is 9.60. The Balaban J connectivity index is 1.85. The van der Waals surface area contributed by atoms with Gasteiger partial charge in [0.25, 0.3) is 0 Å². The Hall–Kier alpha value is -0.670. The summed E-state index contributed by atoms with van der Waals surface area (Å²) >= 11 is 5.75. The van der Waals surface area contributed by atoms with E-state index in [-0.39, 0.29) is 0 Å². The molecule has 1 aromatic rings. The zero-order valence-electron chi connectivity index (χ0n) is 7.83. The van der Waals surface area contributed by atoms with E-state index >= 15 is 0 Å². The van der Waals surface area contributed by atoms with Crippen LogP contribution in [0.25, 0.3) is 0 Å². The maximum Gasteiger partial charge on any atom is 0.145 e. The molecule has 1 saturated carbocycles. The van der Waals surface area contributed by atoms with Gasteiger partial charge in [0.15, 0.2) is 0 Å². The van der Waals surface area contributed by atoms with Crippen LogP contribution >= 0.6 is 11.6 Å². The van der Waals surface area contributed by atoms with Gasteiger partial charge in [0.05, 0.1) is 11.1 Å². The van der Waals surface area contributed by atoms with Crippen LogP contribution in [-0.2, 0) is 0 Å². The van der Waals surface area contributed by atoms with Gasteiger partial charge >= 0.3 is 0 Å². The zero-order valence-corrected chi connectivity index (χ0v) is 8.59. The summed E-state index contributed by atoms with van der Waals surface area (Å²) in [6.45, 7) is 1.13. The van der Waals surface area contributed by atoms with Gasteiger partial charge in [-0.25, -0.2) is 9.97 Å². The van der Waals surface area contributed by atoms with Gasteiger partial charge in [-0.3, -0.25) is 0 Å². The van der Waals surface area contributed by atoms with Gasteiger partial charge < -0.3 is 5.32 Å². The molecule has 3 nitrogen and oxygen atoms in total. The summed E-state index contributed by atoms with van der Waals surface area (Å²) in [5, 5.41) is 4.01. The van der Waals surface area contributed by atoms with E-state index in [1.165, 1.54) is 19.3 Å². The molecule has 1 aliphatic carbocycles. The standard InChI is InChI=1S/C10H12ClN3/c11-7-4-12-9(13-5-7)8-10(6-14-8)2-1-3-10/h4-5,8,14H,1-3,6H2. The Morgan fingerprint density at radius 2 is 2.07 bits per heavy atom. The van der Waals surface area contributed by atoms with Crippen molar-refractivity contribution in [1.29, 1.82) is 0 Å². The van der Waals surface area contributed by atoms with Crippen LogP contribution in [0.1, 0.15) is 31.1 Å². The van der Waals surface area contributed by atoms with E-state index in [1.807, 2.05) is 0 Å². The quantitative estimate of drug-likeness (QED) is 0.768. The highest BCUT2D eigenvalue weighted by atomic mass is 35.5. The first-order valence-corrected chi connectivity index (χ1v) is 5.39. The van der Waals surface area contributed by atoms with Crippen molar-refractivity contribution in [3.8, 4) is 0 Å². The molecule has 1 atom stereocenters. The molecule has 0 amide bonds. The van der Waals surface area contributed by atoms with Gasteiger partial charge in [-0.2, -0.15) is 0 Å². The third-order valence-corrected chi connectivity index (χ3v) is 3.71. The first-order chi connectivity index (χ1) is 6.80. The van der Waals surface area contributed by atoms with Crippen LogP contribution in [0.15, 0.2) is 12.4 Å². The minimum absolute atomic E-state index is 0.369. The SMILES string of the molecule is Clc1cnc(C2NCC23CCC3)nc1. The lowest BCUT2D eigenvalue weighted by Gasteiger charge is -2.55. The molecule has 1 aromatic heterocycles. The molecule has 1 N–H and O–H groups in total. The van der Waals surface area contributed by atoms with E-state index in [2.05, 4.69) is 15.3 Å². The van der Waals surface area contributed by atoms with Crippen LogP contribution in [0, 0.1) is 5.41 Å². The van der Waals surface area contributed by atoms with Crippen LogP contribution in [0.5, 0.6) is 0 Å². The second kappa shape index (κ2) is 2.91. The van der Waals surface area contributed by atoms with Gasteiger partial charge in [0.2, 0.25) is 0 Å². The molecule has 2 aliphatic rings. The third-order valence-electron chi connectivity index (χ3n) is 3.52. The molecule has 1 saturated heterocycles. The average Bonchev–Trinajstić information content (AvgIpc) is 2.04. The van der Waals surface area contributed by atoms with Crippen molar-refractivity contribution in [2.45, 2.75) is 25.3 Å². The minimum atomic E-state index is 0.369. The summed E-state index contributed by atoms with van der Waals surface area (Å²) in [4.78, 5) is 8.54. The van der Waals surface area contributed by atoms with Crippen molar-refractivity contribution in [3.63, 3.8) is 0 Å². The number of hydrogen-bond acceptors (Lipinski definition) is 3. The summed E-state index contributed by atoms with van der Waals surface area (Å²) in [6, 6.07) is 0.369. The lowest BCUT2D eigenvalue weighted by molar-refractivity contribution is -0.0100. The maximum absolute atomic E-state index is 5.75. The van der Waals surface area contributed by atoms with Crippen LogP contribution in [0.4, 0.5) is 0 Å². The first kappa shape index (κ1) is 8.62. The molecule has 14 heavy (non-hydrogen) atoms. The molecular weight excluding hydrogens is 198 g/mol. The number of hydrogen-bond donors (Lipinski definition) is 1. The highest BCUT2D eigenvalue weighted by molar-refractivity contribution is 6.30. The molecule has 74 valence electrons. The van der Waals surface area contributed by atoms with E-state index in [4.69, 9.17) is 11.6 Å². The Labute approximate surface area is 87.9 Å². The molecule has 3 rings (SSSR count). The molecule has 1 aliphatic heterocycles. The van der Waals surface area contributed by atoms with E-state index in [0.29, 0.717) is 16.5 Å².